The molecular formula is C32H24FN3O5S2. The number of thioether (sulfide) groups is 1. The van der Waals surface area contributed by atoms with Crippen LogP contribution in [0.15, 0.2) is 106 Å². The van der Waals surface area contributed by atoms with Crippen molar-refractivity contribution in [1.29, 1.82) is 0 Å². The Kier molecular flexibility index (Phi) is 8.08. The minimum Gasteiger partial charge on any atom is -0.507 e. The van der Waals surface area contributed by atoms with E-state index in [4.69, 9.17) is 9.15 Å². The van der Waals surface area contributed by atoms with Crippen molar-refractivity contribution in [2.24, 2.45) is 0 Å². The maximum atomic E-state index is 14.1. The molecule has 8 nitrogen and oxygen atoms in total. The number of benzene rings is 3. The molecule has 1 fully saturated rings. The van der Waals surface area contributed by atoms with Crippen molar-refractivity contribution in [3.8, 4) is 5.75 Å². The number of nitrogens with zero attached hydrogens (tertiary/aromatic N) is 3. The molecular weight excluding hydrogens is 590 g/mol. The lowest BCUT2D eigenvalue weighted by atomic mass is 9.99. The Balaban J connectivity index is 1.27. The Labute approximate surface area is 254 Å². The van der Waals surface area contributed by atoms with Gasteiger partial charge in [0.15, 0.2) is 4.34 Å². The summed E-state index contributed by atoms with van der Waals surface area (Å²) in [5.74, 6) is -1.27. The molecule has 1 atom stereocenters. The third-order valence-electron chi connectivity index (χ3n) is 6.95. The van der Waals surface area contributed by atoms with Crippen molar-refractivity contribution in [2.45, 2.75) is 29.7 Å². The van der Waals surface area contributed by atoms with Crippen molar-refractivity contribution >= 4 is 45.7 Å². The van der Waals surface area contributed by atoms with Crippen LogP contribution in [-0.2, 0) is 21.9 Å². The molecule has 1 unspecified atom stereocenters. The molecule has 0 aliphatic carbocycles. The highest BCUT2D eigenvalue weighted by molar-refractivity contribution is 8.00. The normalized spacial score (nSPS) is 16.1. The van der Waals surface area contributed by atoms with E-state index in [0.29, 0.717) is 33.6 Å². The number of amides is 1. The summed E-state index contributed by atoms with van der Waals surface area (Å²) >= 11 is 2.35. The smallest absolute Gasteiger partial charge is 0.302 e. The van der Waals surface area contributed by atoms with Gasteiger partial charge in [0.05, 0.1) is 11.8 Å². The molecule has 0 bridgehead atoms. The molecule has 1 aliphatic heterocycles. The van der Waals surface area contributed by atoms with Gasteiger partial charge in [-0.2, -0.15) is 0 Å². The molecule has 0 radical (unpaired) electrons. The number of ether oxygens (including phenoxy) is 1. The molecule has 1 amide bonds. The molecule has 43 heavy (non-hydrogen) atoms. The van der Waals surface area contributed by atoms with Gasteiger partial charge in [-0.25, -0.2) is 4.39 Å². The summed E-state index contributed by atoms with van der Waals surface area (Å²) in [7, 11) is 0. The fourth-order valence-corrected chi connectivity index (χ4v) is 6.51. The van der Waals surface area contributed by atoms with Crippen LogP contribution < -0.4 is 9.64 Å². The van der Waals surface area contributed by atoms with Crippen molar-refractivity contribution in [2.75, 3.05) is 4.90 Å². The zero-order valence-electron chi connectivity index (χ0n) is 22.8. The SMILES string of the molecule is Cc1ccccc1COc1ccc(C(O)=C2C(=O)C(=O)N(c3nnc(SCc4ccccc4F)s3)C2c2ccco2)cc1. The standard InChI is InChI=1S/C32H24FN3O5S2/c1-19-7-2-3-8-21(19)17-41-23-14-12-20(13-15-23)28(37)26-27(25-11-6-16-40-25)36(30(39)29(26)38)31-34-35-32(43-31)42-18-22-9-4-5-10-24(22)33/h2-16,27,37H,17-18H2,1H3. The number of anilines is 1. The summed E-state index contributed by atoms with van der Waals surface area (Å²) in [5, 5.41) is 19.8. The van der Waals surface area contributed by atoms with Gasteiger partial charge in [-0.15, -0.1) is 10.2 Å². The zero-order valence-corrected chi connectivity index (χ0v) is 24.4. The molecule has 0 saturated carbocycles. The third-order valence-corrected chi connectivity index (χ3v) is 9.06. The van der Waals surface area contributed by atoms with E-state index in [9.17, 15) is 19.1 Å². The monoisotopic (exact) mass is 613 g/mol. The van der Waals surface area contributed by atoms with Gasteiger partial charge < -0.3 is 14.3 Å². The van der Waals surface area contributed by atoms with Crippen LogP contribution in [0.5, 0.6) is 5.75 Å². The summed E-state index contributed by atoms with van der Waals surface area (Å²) < 4.78 is 26.1. The number of furan rings is 1. The van der Waals surface area contributed by atoms with Crippen molar-refractivity contribution in [1.82, 2.24) is 10.2 Å². The Morgan fingerprint density at radius 3 is 2.47 bits per heavy atom. The molecule has 5 aromatic rings. The largest absolute Gasteiger partial charge is 0.507 e. The van der Waals surface area contributed by atoms with Crippen LogP contribution in [-0.4, -0.2) is 27.0 Å². The number of hydrogen-bond acceptors (Lipinski definition) is 9. The van der Waals surface area contributed by atoms with Crippen LogP contribution in [0.4, 0.5) is 9.52 Å². The van der Waals surface area contributed by atoms with Gasteiger partial charge in [-0.1, -0.05) is 65.6 Å². The number of aryl methyl sites for hydroxylation is 1. The van der Waals surface area contributed by atoms with E-state index in [0.717, 1.165) is 22.5 Å². The molecule has 3 aromatic carbocycles. The fourth-order valence-electron chi connectivity index (χ4n) is 4.66. The summed E-state index contributed by atoms with van der Waals surface area (Å²) in [5.41, 5.74) is 2.87. The number of aromatic nitrogens is 2. The quantitative estimate of drug-likeness (QED) is 0.0618. The van der Waals surface area contributed by atoms with Gasteiger partial charge in [-0.05, 0) is 66.1 Å². The van der Waals surface area contributed by atoms with E-state index in [1.807, 2.05) is 31.2 Å². The van der Waals surface area contributed by atoms with Crippen LogP contribution >= 0.6 is 23.1 Å². The Hall–Kier alpha value is -4.74. The van der Waals surface area contributed by atoms with Crippen LogP contribution in [0, 0.1) is 12.7 Å². The fraction of sp³-hybridized carbons (Fsp3) is 0.125. The number of aliphatic hydroxyl groups excluding tert-OH is 1. The maximum absolute atomic E-state index is 14.1. The molecule has 3 heterocycles. The van der Waals surface area contributed by atoms with Gasteiger partial charge >= 0.3 is 5.91 Å². The molecule has 6 rings (SSSR count). The second kappa shape index (κ2) is 12.2. The minimum absolute atomic E-state index is 0.135. The Morgan fingerprint density at radius 1 is 1.00 bits per heavy atom. The number of hydrogen-bond donors (Lipinski definition) is 1. The van der Waals surface area contributed by atoms with Gasteiger partial charge in [0.1, 0.15) is 35.7 Å². The number of carbonyl (C=O) groups excluding carboxylic acids is 2. The highest BCUT2D eigenvalue weighted by atomic mass is 32.2. The van der Waals surface area contributed by atoms with Crippen LogP contribution in [0.25, 0.3) is 5.76 Å². The van der Waals surface area contributed by atoms with Crippen molar-refractivity contribution < 1.29 is 28.2 Å². The van der Waals surface area contributed by atoms with Crippen LogP contribution in [0.3, 0.4) is 0 Å². The molecule has 0 spiro atoms. The number of Topliss-reactive ketones (excluding diaryl/α,β-unsaturated/α-hetero) is 1. The van der Waals surface area contributed by atoms with Crippen molar-refractivity contribution in [3.05, 3.63) is 131 Å². The second-order valence-electron chi connectivity index (χ2n) is 9.65. The zero-order chi connectivity index (χ0) is 29.9. The second-order valence-corrected chi connectivity index (χ2v) is 11.8. The highest BCUT2D eigenvalue weighted by Crippen LogP contribution is 2.44. The predicted octanol–water partition coefficient (Wildman–Crippen LogP) is 7.08. The van der Waals surface area contributed by atoms with E-state index in [1.54, 1.807) is 54.6 Å². The van der Waals surface area contributed by atoms with Crippen LogP contribution in [0.2, 0.25) is 0 Å². The van der Waals surface area contributed by atoms with E-state index in [-0.39, 0.29) is 28.0 Å². The summed E-state index contributed by atoms with van der Waals surface area (Å²) in [6.45, 7) is 2.39. The first-order valence-electron chi connectivity index (χ1n) is 13.2. The molecule has 1 aliphatic rings. The number of halogens is 1. The lowest BCUT2D eigenvalue weighted by Crippen LogP contribution is -2.29. The number of rotatable bonds is 9. The van der Waals surface area contributed by atoms with Gasteiger partial charge in [0.2, 0.25) is 5.13 Å². The first kappa shape index (κ1) is 28.4. The van der Waals surface area contributed by atoms with Gasteiger partial charge in [0, 0.05) is 11.3 Å². The van der Waals surface area contributed by atoms with E-state index < -0.39 is 17.7 Å². The number of aliphatic hydroxyl groups is 1. The predicted molar refractivity (Wildman–Crippen MR) is 161 cm³/mol. The molecule has 2 aromatic heterocycles. The average Bonchev–Trinajstić information content (AvgIpc) is 3.77. The average molecular weight is 614 g/mol. The molecule has 1 saturated heterocycles. The first-order valence-corrected chi connectivity index (χ1v) is 15.0. The van der Waals surface area contributed by atoms with Crippen molar-refractivity contribution in [3.63, 3.8) is 0 Å². The summed E-state index contributed by atoms with van der Waals surface area (Å²) in [6.07, 6.45) is 1.42. The highest BCUT2D eigenvalue weighted by Gasteiger charge is 2.49. The van der Waals surface area contributed by atoms with E-state index >= 15 is 0 Å². The van der Waals surface area contributed by atoms with E-state index in [2.05, 4.69) is 10.2 Å². The lowest BCUT2D eigenvalue weighted by molar-refractivity contribution is -0.132. The Morgan fingerprint density at radius 2 is 1.74 bits per heavy atom. The van der Waals surface area contributed by atoms with Crippen LogP contribution in [0.1, 0.15) is 34.1 Å². The molecule has 1 N–H and O–H groups in total. The molecule has 11 heteroatoms. The molecule has 216 valence electrons. The number of ketones is 1. The first-order chi connectivity index (χ1) is 20.9. The van der Waals surface area contributed by atoms with Gasteiger partial charge in [0.25, 0.3) is 5.78 Å². The third kappa shape index (κ3) is 5.81. The Bertz CT molecular complexity index is 1820. The summed E-state index contributed by atoms with van der Waals surface area (Å²) in [6, 6.07) is 23.2. The van der Waals surface area contributed by atoms with Gasteiger partial charge in [-0.3, -0.25) is 14.5 Å². The van der Waals surface area contributed by atoms with E-state index in [1.165, 1.54) is 29.0 Å². The lowest BCUT2D eigenvalue weighted by Gasteiger charge is -2.20. The summed E-state index contributed by atoms with van der Waals surface area (Å²) in [4.78, 5) is 27.9. The maximum Gasteiger partial charge on any atom is 0.302 e. The minimum atomic E-state index is -1.07. The number of carbonyl (C=O) groups is 2. The topological polar surface area (TPSA) is 106 Å².